The Labute approximate surface area is 133 Å². The lowest BCUT2D eigenvalue weighted by Crippen LogP contribution is -2.25. The molecule has 1 atom stereocenters. The van der Waals surface area contributed by atoms with Gasteiger partial charge < -0.3 is 5.32 Å². The Bertz CT molecular complexity index is 540. The highest BCUT2D eigenvalue weighted by molar-refractivity contribution is 6.30. The third kappa shape index (κ3) is 5.53. The minimum atomic E-state index is 0.285. The molecule has 2 heteroatoms. The molecular formula is C19H24ClN. The summed E-state index contributed by atoms with van der Waals surface area (Å²) >= 11 is 5.94. The van der Waals surface area contributed by atoms with Gasteiger partial charge in [-0.2, -0.15) is 0 Å². The Hall–Kier alpha value is -1.31. The zero-order valence-electron chi connectivity index (χ0n) is 13.1. The van der Waals surface area contributed by atoms with E-state index in [1.54, 1.807) is 0 Å². The minimum absolute atomic E-state index is 0.285. The van der Waals surface area contributed by atoms with Crippen LogP contribution >= 0.6 is 11.6 Å². The van der Waals surface area contributed by atoms with Gasteiger partial charge in [-0.15, -0.1) is 0 Å². The number of hydrogen-bond acceptors (Lipinski definition) is 1. The van der Waals surface area contributed by atoms with Gasteiger partial charge in [-0.25, -0.2) is 0 Å². The van der Waals surface area contributed by atoms with Crippen molar-refractivity contribution in [1.29, 1.82) is 0 Å². The van der Waals surface area contributed by atoms with Gasteiger partial charge in [-0.05, 0) is 35.1 Å². The summed E-state index contributed by atoms with van der Waals surface area (Å²) in [6, 6.07) is 19.1. The topological polar surface area (TPSA) is 12.0 Å². The van der Waals surface area contributed by atoms with E-state index in [-0.39, 0.29) is 5.41 Å². The van der Waals surface area contributed by atoms with Gasteiger partial charge in [0.15, 0.2) is 0 Å². The first-order valence-electron chi connectivity index (χ1n) is 7.47. The molecule has 1 N–H and O–H groups in total. The lowest BCUT2D eigenvalue weighted by atomic mass is 9.85. The summed E-state index contributed by atoms with van der Waals surface area (Å²) in [6.07, 6.45) is 1.10. The third-order valence-corrected chi connectivity index (χ3v) is 3.74. The van der Waals surface area contributed by atoms with Crippen molar-refractivity contribution in [3.63, 3.8) is 0 Å². The van der Waals surface area contributed by atoms with Crippen molar-refractivity contribution in [3.8, 4) is 0 Å². The summed E-state index contributed by atoms with van der Waals surface area (Å²) in [5, 5.41) is 4.47. The number of nitrogens with one attached hydrogen (secondary N) is 1. The van der Waals surface area contributed by atoms with E-state index in [4.69, 9.17) is 11.6 Å². The summed E-state index contributed by atoms with van der Waals surface area (Å²) in [5.74, 6) is 0. The monoisotopic (exact) mass is 301 g/mol. The van der Waals surface area contributed by atoms with Gasteiger partial charge >= 0.3 is 0 Å². The molecule has 112 valence electrons. The van der Waals surface area contributed by atoms with Crippen LogP contribution in [0.4, 0.5) is 0 Å². The maximum Gasteiger partial charge on any atom is 0.0406 e. The van der Waals surface area contributed by atoms with Crippen LogP contribution in [-0.2, 0) is 6.54 Å². The smallest absolute Gasteiger partial charge is 0.0406 e. The van der Waals surface area contributed by atoms with Crippen LogP contribution in [0, 0.1) is 5.41 Å². The fraction of sp³-hybridized carbons (Fsp3) is 0.368. The van der Waals surface area contributed by atoms with Crippen molar-refractivity contribution in [2.45, 2.75) is 39.8 Å². The van der Waals surface area contributed by atoms with Gasteiger partial charge in [0.25, 0.3) is 0 Å². The highest BCUT2D eigenvalue weighted by atomic mass is 35.5. The largest absolute Gasteiger partial charge is 0.306 e. The van der Waals surface area contributed by atoms with Gasteiger partial charge in [0.1, 0.15) is 0 Å². The fourth-order valence-electron chi connectivity index (χ4n) is 2.45. The molecule has 2 aromatic rings. The van der Waals surface area contributed by atoms with E-state index in [1.165, 1.54) is 11.1 Å². The maximum atomic E-state index is 5.94. The standard InChI is InChI=1S/C19H24ClN/c1-19(2,3)13-18(16-7-5-4-6-8-16)21-14-15-9-11-17(20)12-10-15/h4-12,18,21H,13-14H2,1-3H3. The molecule has 2 aromatic carbocycles. The van der Waals surface area contributed by atoms with Crippen molar-refractivity contribution in [3.05, 3.63) is 70.7 Å². The van der Waals surface area contributed by atoms with E-state index in [2.05, 4.69) is 68.6 Å². The summed E-state index contributed by atoms with van der Waals surface area (Å²) in [4.78, 5) is 0. The zero-order chi connectivity index (χ0) is 15.3. The molecule has 0 radical (unpaired) electrons. The van der Waals surface area contributed by atoms with Gasteiger partial charge in [-0.1, -0.05) is 74.8 Å². The molecule has 0 saturated carbocycles. The highest BCUT2D eigenvalue weighted by Gasteiger charge is 2.19. The van der Waals surface area contributed by atoms with Crippen LogP contribution in [0.1, 0.15) is 44.4 Å². The van der Waals surface area contributed by atoms with Gasteiger partial charge in [0, 0.05) is 17.6 Å². The minimum Gasteiger partial charge on any atom is -0.306 e. The van der Waals surface area contributed by atoms with E-state index < -0.39 is 0 Å². The molecule has 0 aliphatic carbocycles. The van der Waals surface area contributed by atoms with Crippen molar-refractivity contribution >= 4 is 11.6 Å². The molecule has 0 saturated heterocycles. The zero-order valence-corrected chi connectivity index (χ0v) is 13.8. The Morgan fingerprint density at radius 2 is 1.57 bits per heavy atom. The molecule has 0 fully saturated rings. The molecule has 0 amide bonds. The molecule has 0 aliphatic rings. The molecule has 0 heterocycles. The van der Waals surface area contributed by atoms with Crippen molar-refractivity contribution in [2.75, 3.05) is 0 Å². The number of hydrogen-bond donors (Lipinski definition) is 1. The first-order chi connectivity index (χ1) is 9.94. The first-order valence-corrected chi connectivity index (χ1v) is 7.85. The molecule has 2 rings (SSSR count). The number of benzene rings is 2. The van der Waals surface area contributed by atoms with Crippen molar-refractivity contribution in [1.82, 2.24) is 5.32 Å². The highest BCUT2D eigenvalue weighted by Crippen LogP contribution is 2.29. The predicted molar refractivity (Wildman–Crippen MR) is 91.5 cm³/mol. The summed E-state index contributed by atoms with van der Waals surface area (Å²) < 4.78 is 0. The number of halogens is 1. The van der Waals surface area contributed by atoms with E-state index in [9.17, 15) is 0 Å². The van der Waals surface area contributed by atoms with E-state index in [1.807, 2.05) is 12.1 Å². The van der Waals surface area contributed by atoms with Crippen LogP contribution < -0.4 is 5.32 Å². The van der Waals surface area contributed by atoms with E-state index >= 15 is 0 Å². The molecular weight excluding hydrogens is 278 g/mol. The molecule has 0 bridgehead atoms. The molecule has 0 aliphatic heterocycles. The molecule has 1 unspecified atom stereocenters. The van der Waals surface area contributed by atoms with Crippen LogP contribution in [0.2, 0.25) is 5.02 Å². The normalized spacial score (nSPS) is 13.1. The van der Waals surface area contributed by atoms with Crippen LogP contribution in [0.5, 0.6) is 0 Å². The Morgan fingerprint density at radius 1 is 0.952 bits per heavy atom. The maximum absolute atomic E-state index is 5.94. The first kappa shape index (κ1) is 16.1. The van der Waals surface area contributed by atoms with Crippen LogP contribution in [0.15, 0.2) is 54.6 Å². The molecule has 21 heavy (non-hydrogen) atoms. The summed E-state index contributed by atoms with van der Waals surface area (Å²) in [7, 11) is 0. The second-order valence-electron chi connectivity index (χ2n) is 6.74. The van der Waals surface area contributed by atoms with Gasteiger partial charge in [0.05, 0.1) is 0 Å². The predicted octanol–water partition coefficient (Wildman–Crippen LogP) is 5.61. The van der Waals surface area contributed by atoms with Crippen molar-refractivity contribution < 1.29 is 0 Å². The summed E-state index contributed by atoms with van der Waals surface area (Å²) in [6.45, 7) is 7.71. The Balaban J connectivity index is 2.07. The molecule has 1 nitrogen and oxygen atoms in total. The Morgan fingerprint density at radius 3 is 2.14 bits per heavy atom. The van der Waals surface area contributed by atoms with Crippen LogP contribution in [0.3, 0.4) is 0 Å². The van der Waals surface area contributed by atoms with Crippen LogP contribution in [0.25, 0.3) is 0 Å². The summed E-state index contributed by atoms with van der Waals surface area (Å²) in [5.41, 5.74) is 2.89. The van der Waals surface area contributed by atoms with E-state index in [0.717, 1.165) is 18.0 Å². The lowest BCUT2D eigenvalue weighted by molar-refractivity contribution is 0.310. The SMILES string of the molecule is CC(C)(C)CC(NCc1ccc(Cl)cc1)c1ccccc1. The van der Waals surface area contributed by atoms with Gasteiger partial charge in [-0.3, -0.25) is 0 Å². The molecule has 0 spiro atoms. The van der Waals surface area contributed by atoms with Crippen LogP contribution in [-0.4, -0.2) is 0 Å². The van der Waals surface area contributed by atoms with E-state index in [0.29, 0.717) is 6.04 Å². The fourth-order valence-corrected chi connectivity index (χ4v) is 2.57. The third-order valence-electron chi connectivity index (χ3n) is 3.48. The Kier molecular flexibility index (Phi) is 5.44. The van der Waals surface area contributed by atoms with Gasteiger partial charge in [0.2, 0.25) is 0 Å². The lowest BCUT2D eigenvalue weighted by Gasteiger charge is -2.27. The number of rotatable bonds is 5. The second-order valence-corrected chi connectivity index (χ2v) is 7.17. The van der Waals surface area contributed by atoms with Crippen molar-refractivity contribution in [2.24, 2.45) is 5.41 Å². The average Bonchev–Trinajstić information content (AvgIpc) is 2.45. The second kappa shape index (κ2) is 7.11. The molecule has 0 aromatic heterocycles. The average molecular weight is 302 g/mol. The quantitative estimate of drug-likeness (QED) is 0.757.